The fourth-order valence-corrected chi connectivity index (χ4v) is 7.36. The number of aromatic nitrogens is 1. The number of fused-ring (bicyclic) bond motifs is 3. The molecule has 1 aliphatic carbocycles. The van der Waals surface area contributed by atoms with Crippen molar-refractivity contribution < 1.29 is 9.47 Å². The van der Waals surface area contributed by atoms with Crippen LogP contribution in [0.2, 0.25) is 5.02 Å². The molecule has 0 unspecified atom stereocenters. The molecule has 4 aromatic carbocycles. The van der Waals surface area contributed by atoms with Gasteiger partial charge in [0.15, 0.2) is 4.80 Å². The van der Waals surface area contributed by atoms with Gasteiger partial charge in [0.25, 0.3) is 5.56 Å². The standard InChI is InChI=1S/C35H26BrClN2O3S/c1-41-26-14-9-24(10-15-26)33-28-16-11-23-4-2-3-5-27(23)32(28)38-35-39(33)34(40)31(43-35)19-22-8-17-30(29(36)18-22)42-20-21-6-12-25(37)13-7-21/h2-10,12-15,17-19,33H,11,16,20H2,1H3/b31-19-/t33-/m1/s1. The van der Waals surface area contributed by atoms with E-state index in [1.165, 1.54) is 22.5 Å². The monoisotopic (exact) mass is 668 g/mol. The molecule has 0 spiro atoms. The third-order valence-electron chi connectivity index (χ3n) is 7.87. The van der Waals surface area contributed by atoms with E-state index in [1.807, 2.05) is 65.2 Å². The molecule has 0 N–H and O–H groups in total. The van der Waals surface area contributed by atoms with Crippen LogP contribution < -0.4 is 24.4 Å². The second kappa shape index (κ2) is 11.6. The Hall–Kier alpha value is -3.91. The molecule has 5 aromatic rings. The molecule has 0 saturated carbocycles. The van der Waals surface area contributed by atoms with Gasteiger partial charge >= 0.3 is 0 Å². The highest BCUT2D eigenvalue weighted by Crippen LogP contribution is 2.41. The van der Waals surface area contributed by atoms with Gasteiger partial charge in [-0.2, -0.15) is 0 Å². The van der Waals surface area contributed by atoms with Gasteiger partial charge in [-0.25, -0.2) is 4.99 Å². The minimum atomic E-state index is -0.233. The SMILES string of the molecule is COc1ccc([C@@H]2C3=C(N=c4s/c(=C\c5ccc(OCc6ccc(Cl)cc6)c(Br)c5)c(=O)n42)c2ccccc2CC3)cc1. The van der Waals surface area contributed by atoms with Crippen LogP contribution in [0.5, 0.6) is 11.5 Å². The van der Waals surface area contributed by atoms with Gasteiger partial charge in [0.2, 0.25) is 0 Å². The Morgan fingerprint density at radius 1 is 1.02 bits per heavy atom. The maximum absolute atomic E-state index is 14.1. The van der Waals surface area contributed by atoms with Crippen LogP contribution in [-0.4, -0.2) is 11.7 Å². The average Bonchev–Trinajstić information content (AvgIpc) is 3.34. The summed E-state index contributed by atoms with van der Waals surface area (Å²) < 4.78 is 14.7. The third-order valence-corrected chi connectivity index (χ3v) is 9.72. The fraction of sp³-hybridized carbons (Fsp3) is 0.143. The fourth-order valence-electron chi connectivity index (χ4n) is 5.73. The van der Waals surface area contributed by atoms with Crippen molar-refractivity contribution in [3.8, 4) is 11.5 Å². The predicted molar refractivity (Wildman–Crippen MR) is 176 cm³/mol. The lowest BCUT2D eigenvalue weighted by Crippen LogP contribution is -2.38. The lowest BCUT2D eigenvalue weighted by molar-refractivity contribution is 0.304. The smallest absolute Gasteiger partial charge is 0.271 e. The molecular weight excluding hydrogens is 644 g/mol. The molecule has 0 amide bonds. The molecule has 0 fully saturated rings. The normalized spacial score (nSPS) is 15.8. The van der Waals surface area contributed by atoms with E-state index < -0.39 is 0 Å². The molecule has 214 valence electrons. The van der Waals surface area contributed by atoms with E-state index in [0.717, 1.165) is 56.8 Å². The number of thiazole rings is 1. The number of benzene rings is 4. The Balaban J connectivity index is 1.28. The molecule has 0 saturated heterocycles. The van der Waals surface area contributed by atoms with E-state index in [9.17, 15) is 4.79 Å². The number of rotatable bonds is 6. The molecular formula is C35H26BrClN2O3S. The van der Waals surface area contributed by atoms with E-state index >= 15 is 0 Å². The largest absolute Gasteiger partial charge is 0.497 e. The van der Waals surface area contributed by atoms with E-state index in [1.54, 1.807) is 7.11 Å². The van der Waals surface area contributed by atoms with Crippen molar-refractivity contribution in [3.05, 3.63) is 154 Å². The number of ether oxygens (including phenoxy) is 2. The Morgan fingerprint density at radius 3 is 2.58 bits per heavy atom. The van der Waals surface area contributed by atoms with Crippen LogP contribution >= 0.6 is 38.9 Å². The van der Waals surface area contributed by atoms with Crippen molar-refractivity contribution in [2.24, 2.45) is 4.99 Å². The Kier molecular flexibility index (Phi) is 7.55. The van der Waals surface area contributed by atoms with Crippen LogP contribution in [0.3, 0.4) is 0 Å². The third kappa shape index (κ3) is 5.37. The van der Waals surface area contributed by atoms with Gasteiger partial charge in [0.05, 0.1) is 27.9 Å². The van der Waals surface area contributed by atoms with Crippen molar-refractivity contribution >= 4 is 50.6 Å². The Bertz CT molecular complexity index is 2060. The van der Waals surface area contributed by atoms with Crippen molar-refractivity contribution in [1.82, 2.24) is 4.57 Å². The summed E-state index contributed by atoms with van der Waals surface area (Å²) in [6, 6.07) is 29.7. The number of halogens is 2. The van der Waals surface area contributed by atoms with Crippen molar-refractivity contribution in [2.75, 3.05) is 7.11 Å². The molecule has 1 aromatic heterocycles. The molecule has 2 heterocycles. The van der Waals surface area contributed by atoms with Gasteiger partial charge in [0.1, 0.15) is 18.1 Å². The maximum atomic E-state index is 14.1. The summed E-state index contributed by atoms with van der Waals surface area (Å²) >= 11 is 11.1. The van der Waals surface area contributed by atoms with Crippen LogP contribution in [0, 0.1) is 0 Å². The first kappa shape index (κ1) is 27.9. The van der Waals surface area contributed by atoms with Crippen LogP contribution in [0.1, 0.15) is 40.3 Å². The first-order valence-corrected chi connectivity index (χ1v) is 15.9. The highest BCUT2D eigenvalue weighted by atomic mass is 79.9. The van der Waals surface area contributed by atoms with Gasteiger partial charge < -0.3 is 9.47 Å². The van der Waals surface area contributed by atoms with Crippen molar-refractivity contribution in [2.45, 2.75) is 25.5 Å². The van der Waals surface area contributed by atoms with E-state index in [2.05, 4.69) is 52.3 Å². The van der Waals surface area contributed by atoms with Gasteiger partial charge in [0, 0.05) is 10.6 Å². The molecule has 1 aliphatic heterocycles. The highest BCUT2D eigenvalue weighted by molar-refractivity contribution is 9.10. The van der Waals surface area contributed by atoms with Crippen LogP contribution in [-0.2, 0) is 13.0 Å². The number of aryl methyl sites for hydroxylation is 1. The zero-order valence-electron chi connectivity index (χ0n) is 23.2. The van der Waals surface area contributed by atoms with Gasteiger partial charge in [-0.15, -0.1) is 0 Å². The quantitative estimate of drug-likeness (QED) is 0.190. The summed E-state index contributed by atoms with van der Waals surface area (Å²) in [7, 11) is 1.66. The lowest BCUT2D eigenvalue weighted by atomic mass is 9.83. The molecule has 43 heavy (non-hydrogen) atoms. The summed E-state index contributed by atoms with van der Waals surface area (Å²) in [5.74, 6) is 1.50. The van der Waals surface area contributed by atoms with Crippen LogP contribution in [0.15, 0.2) is 111 Å². The molecule has 0 bridgehead atoms. The first-order chi connectivity index (χ1) is 21.0. The molecule has 5 nitrogen and oxygen atoms in total. The first-order valence-electron chi connectivity index (χ1n) is 13.9. The van der Waals surface area contributed by atoms with Crippen LogP contribution in [0.25, 0.3) is 11.8 Å². The molecule has 1 atom stereocenters. The van der Waals surface area contributed by atoms with E-state index in [-0.39, 0.29) is 11.6 Å². The van der Waals surface area contributed by atoms with Crippen molar-refractivity contribution in [1.29, 1.82) is 0 Å². The summed E-state index contributed by atoms with van der Waals surface area (Å²) in [5, 5.41) is 0.694. The summed E-state index contributed by atoms with van der Waals surface area (Å²) in [5.41, 5.74) is 7.52. The number of hydrogen-bond acceptors (Lipinski definition) is 5. The van der Waals surface area contributed by atoms with Crippen LogP contribution in [0.4, 0.5) is 0 Å². The maximum Gasteiger partial charge on any atom is 0.271 e. The predicted octanol–water partition coefficient (Wildman–Crippen LogP) is 7.32. The highest BCUT2D eigenvalue weighted by Gasteiger charge is 2.32. The number of allylic oxidation sites excluding steroid dienone is 1. The molecule has 7 rings (SSSR count). The van der Waals surface area contributed by atoms with Gasteiger partial charge in [-0.05, 0) is 99.1 Å². The van der Waals surface area contributed by atoms with E-state index in [4.69, 9.17) is 26.1 Å². The van der Waals surface area contributed by atoms with E-state index in [0.29, 0.717) is 21.0 Å². The zero-order valence-corrected chi connectivity index (χ0v) is 26.4. The van der Waals surface area contributed by atoms with Gasteiger partial charge in [-0.3, -0.25) is 9.36 Å². The summed E-state index contributed by atoms with van der Waals surface area (Å²) in [6.45, 7) is 0.423. The topological polar surface area (TPSA) is 52.8 Å². The summed E-state index contributed by atoms with van der Waals surface area (Å²) in [4.78, 5) is 19.9. The molecule has 0 radical (unpaired) electrons. The average molecular weight is 670 g/mol. The number of nitrogens with zero attached hydrogens (tertiary/aromatic N) is 2. The summed E-state index contributed by atoms with van der Waals surface area (Å²) in [6.07, 6.45) is 3.70. The lowest BCUT2D eigenvalue weighted by Gasteiger charge is -2.30. The molecule has 2 aliphatic rings. The minimum absolute atomic E-state index is 0.0471. The zero-order chi connectivity index (χ0) is 29.5. The molecule has 8 heteroatoms. The second-order valence-corrected chi connectivity index (χ2v) is 12.8. The van der Waals surface area contributed by atoms with Crippen molar-refractivity contribution in [3.63, 3.8) is 0 Å². The number of methoxy groups -OCH3 is 1. The van der Waals surface area contributed by atoms with Gasteiger partial charge in [-0.1, -0.05) is 77.5 Å². The number of hydrogen-bond donors (Lipinski definition) is 0. The second-order valence-electron chi connectivity index (χ2n) is 10.5. The Labute approximate surface area is 266 Å². The Morgan fingerprint density at radius 2 is 1.81 bits per heavy atom. The minimum Gasteiger partial charge on any atom is -0.497 e.